The van der Waals surface area contributed by atoms with Gasteiger partial charge in [0.15, 0.2) is 0 Å². The Kier molecular flexibility index (Phi) is 5.62. The highest BCUT2D eigenvalue weighted by atomic mass is 16.2. The summed E-state index contributed by atoms with van der Waals surface area (Å²) in [4.78, 5) is 25.9. The summed E-state index contributed by atoms with van der Waals surface area (Å²) in [5, 5.41) is 6.28. The van der Waals surface area contributed by atoms with Crippen molar-refractivity contribution in [1.82, 2.24) is 15.5 Å². The van der Waals surface area contributed by atoms with Crippen molar-refractivity contribution in [3.8, 4) is 0 Å². The Hall–Kier alpha value is -1.10. The molecule has 0 aromatic heterocycles. The molecule has 0 aliphatic carbocycles. The number of nitrogens with zero attached hydrogens (tertiary/aromatic N) is 1. The van der Waals surface area contributed by atoms with E-state index in [1.165, 1.54) is 0 Å². The molecule has 0 spiro atoms. The minimum Gasteiger partial charge on any atom is -0.356 e. The molecule has 2 amide bonds. The van der Waals surface area contributed by atoms with Gasteiger partial charge >= 0.3 is 0 Å². The molecule has 21 heavy (non-hydrogen) atoms. The maximum atomic E-state index is 12.9. The summed E-state index contributed by atoms with van der Waals surface area (Å²) < 4.78 is 0. The molecule has 1 unspecified atom stereocenters. The molecule has 0 radical (unpaired) electrons. The van der Waals surface area contributed by atoms with Crippen molar-refractivity contribution in [1.29, 1.82) is 0 Å². The van der Waals surface area contributed by atoms with Crippen LogP contribution in [0.3, 0.4) is 0 Å². The number of hydrogen-bond acceptors (Lipinski definition) is 3. The molecule has 1 atom stereocenters. The minimum atomic E-state index is -0.178. The van der Waals surface area contributed by atoms with E-state index in [4.69, 9.17) is 0 Å². The zero-order chi connectivity index (χ0) is 15.3. The first-order valence-corrected chi connectivity index (χ1v) is 8.32. The molecule has 0 bridgehead atoms. The molecule has 2 fully saturated rings. The van der Waals surface area contributed by atoms with E-state index in [-0.39, 0.29) is 11.3 Å². The van der Waals surface area contributed by atoms with Gasteiger partial charge in [0.25, 0.3) is 0 Å². The second kappa shape index (κ2) is 7.25. The van der Waals surface area contributed by atoms with E-state index in [9.17, 15) is 9.59 Å². The molecule has 2 rings (SSSR count). The van der Waals surface area contributed by atoms with E-state index in [0.29, 0.717) is 11.8 Å². The molecule has 0 saturated carbocycles. The first-order chi connectivity index (χ1) is 10.1. The van der Waals surface area contributed by atoms with Gasteiger partial charge in [-0.2, -0.15) is 0 Å². The second-order valence-corrected chi connectivity index (χ2v) is 6.59. The largest absolute Gasteiger partial charge is 0.356 e. The van der Waals surface area contributed by atoms with E-state index in [1.807, 2.05) is 0 Å². The Morgan fingerprint density at radius 2 is 2.05 bits per heavy atom. The van der Waals surface area contributed by atoms with E-state index >= 15 is 0 Å². The summed E-state index contributed by atoms with van der Waals surface area (Å²) in [6.45, 7) is 7.98. The second-order valence-electron chi connectivity index (χ2n) is 6.59. The summed E-state index contributed by atoms with van der Waals surface area (Å²) in [5.41, 5.74) is -0.178. The number of rotatable bonds is 4. The molecular formula is C16H29N3O2. The Balaban J connectivity index is 1.86. The summed E-state index contributed by atoms with van der Waals surface area (Å²) in [6.07, 6.45) is 5.03. The Labute approximate surface area is 127 Å². The molecule has 2 heterocycles. The van der Waals surface area contributed by atoms with Crippen LogP contribution in [-0.2, 0) is 9.59 Å². The molecule has 0 aromatic rings. The topological polar surface area (TPSA) is 61.4 Å². The van der Waals surface area contributed by atoms with Crippen LogP contribution >= 0.6 is 0 Å². The zero-order valence-electron chi connectivity index (χ0n) is 13.4. The van der Waals surface area contributed by atoms with Crippen LogP contribution in [0.4, 0.5) is 0 Å². The molecule has 2 N–H and O–H groups in total. The van der Waals surface area contributed by atoms with Gasteiger partial charge in [-0.15, -0.1) is 0 Å². The average molecular weight is 295 g/mol. The summed E-state index contributed by atoms with van der Waals surface area (Å²) in [6, 6.07) is 0. The van der Waals surface area contributed by atoms with Crippen molar-refractivity contribution in [3.63, 3.8) is 0 Å². The first kappa shape index (κ1) is 16.3. The number of piperidine rings is 2. The molecule has 0 aromatic carbocycles. The van der Waals surface area contributed by atoms with E-state index < -0.39 is 0 Å². The SMILES string of the molecule is CCC1(C(=O)N2CCC(CNC(C)=O)CC2)CCCNC1. The molecule has 2 aliphatic heterocycles. The lowest BCUT2D eigenvalue weighted by atomic mass is 9.76. The molecule has 120 valence electrons. The molecule has 2 aliphatic rings. The third kappa shape index (κ3) is 3.96. The number of nitrogens with one attached hydrogen (secondary N) is 2. The number of likely N-dealkylation sites (tertiary alicyclic amines) is 1. The Morgan fingerprint density at radius 3 is 2.57 bits per heavy atom. The maximum Gasteiger partial charge on any atom is 0.230 e. The van der Waals surface area contributed by atoms with Crippen molar-refractivity contribution in [2.24, 2.45) is 11.3 Å². The van der Waals surface area contributed by atoms with Crippen molar-refractivity contribution in [3.05, 3.63) is 0 Å². The smallest absolute Gasteiger partial charge is 0.230 e. The van der Waals surface area contributed by atoms with Crippen LogP contribution in [0.25, 0.3) is 0 Å². The van der Waals surface area contributed by atoms with Gasteiger partial charge in [0.1, 0.15) is 0 Å². The fourth-order valence-electron chi connectivity index (χ4n) is 3.57. The van der Waals surface area contributed by atoms with Gasteiger partial charge in [0.05, 0.1) is 5.41 Å². The highest BCUT2D eigenvalue weighted by molar-refractivity contribution is 5.83. The van der Waals surface area contributed by atoms with Gasteiger partial charge in [-0.1, -0.05) is 6.92 Å². The third-order valence-electron chi connectivity index (χ3n) is 5.14. The van der Waals surface area contributed by atoms with E-state index in [0.717, 1.165) is 64.8 Å². The fraction of sp³-hybridized carbons (Fsp3) is 0.875. The lowest BCUT2D eigenvalue weighted by Crippen LogP contribution is -2.53. The van der Waals surface area contributed by atoms with Gasteiger partial charge in [-0.05, 0) is 44.6 Å². The van der Waals surface area contributed by atoms with Crippen LogP contribution in [0, 0.1) is 11.3 Å². The van der Waals surface area contributed by atoms with Gasteiger partial charge in [0, 0.05) is 33.1 Å². The van der Waals surface area contributed by atoms with Crippen LogP contribution < -0.4 is 10.6 Å². The number of carbonyl (C=O) groups is 2. The third-order valence-corrected chi connectivity index (χ3v) is 5.14. The Morgan fingerprint density at radius 1 is 1.33 bits per heavy atom. The van der Waals surface area contributed by atoms with Crippen molar-refractivity contribution < 1.29 is 9.59 Å². The zero-order valence-corrected chi connectivity index (χ0v) is 13.4. The summed E-state index contributed by atoms with van der Waals surface area (Å²) in [5.74, 6) is 0.891. The van der Waals surface area contributed by atoms with Crippen LogP contribution in [0.5, 0.6) is 0 Å². The number of hydrogen-bond donors (Lipinski definition) is 2. The lowest BCUT2D eigenvalue weighted by Gasteiger charge is -2.42. The van der Waals surface area contributed by atoms with Gasteiger partial charge < -0.3 is 15.5 Å². The predicted molar refractivity (Wildman–Crippen MR) is 82.8 cm³/mol. The van der Waals surface area contributed by atoms with Gasteiger partial charge in [0.2, 0.25) is 11.8 Å². The molecule has 5 heteroatoms. The van der Waals surface area contributed by atoms with E-state index in [1.54, 1.807) is 6.92 Å². The molecular weight excluding hydrogens is 266 g/mol. The quantitative estimate of drug-likeness (QED) is 0.817. The predicted octanol–water partition coefficient (Wildman–Crippen LogP) is 1.14. The van der Waals surface area contributed by atoms with Crippen LogP contribution in [0.15, 0.2) is 0 Å². The summed E-state index contributed by atoms with van der Waals surface area (Å²) >= 11 is 0. The normalized spacial score (nSPS) is 27.4. The van der Waals surface area contributed by atoms with Crippen molar-refractivity contribution >= 4 is 11.8 Å². The highest BCUT2D eigenvalue weighted by Gasteiger charge is 2.41. The van der Waals surface area contributed by atoms with Crippen LogP contribution in [-0.4, -0.2) is 49.4 Å². The van der Waals surface area contributed by atoms with Crippen molar-refractivity contribution in [2.45, 2.75) is 46.0 Å². The maximum absolute atomic E-state index is 12.9. The number of amides is 2. The molecule has 5 nitrogen and oxygen atoms in total. The number of carbonyl (C=O) groups excluding carboxylic acids is 2. The minimum absolute atomic E-state index is 0.0340. The van der Waals surface area contributed by atoms with Gasteiger partial charge in [-0.25, -0.2) is 0 Å². The van der Waals surface area contributed by atoms with Gasteiger partial charge in [-0.3, -0.25) is 9.59 Å². The first-order valence-electron chi connectivity index (χ1n) is 8.32. The Bertz CT molecular complexity index is 370. The molecule has 2 saturated heterocycles. The van der Waals surface area contributed by atoms with E-state index in [2.05, 4.69) is 22.5 Å². The lowest BCUT2D eigenvalue weighted by molar-refractivity contribution is -0.145. The van der Waals surface area contributed by atoms with Crippen molar-refractivity contribution in [2.75, 3.05) is 32.7 Å². The summed E-state index contributed by atoms with van der Waals surface area (Å²) in [7, 11) is 0. The van der Waals surface area contributed by atoms with Crippen LogP contribution in [0.2, 0.25) is 0 Å². The average Bonchev–Trinajstić information content (AvgIpc) is 2.53. The fourth-order valence-corrected chi connectivity index (χ4v) is 3.57. The highest BCUT2D eigenvalue weighted by Crippen LogP contribution is 2.33. The monoisotopic (exact) mass is 295 g/mol. The van der Waals surface area contributed by atoms with Crippen LogP contribution in [0.1, 0.15) is 46.0 Å². The standard InChI is InChI=1S/C16H29N3O2/c1-3-16(7-4-8-17-12-16)15(21)19-9-5-14(6-10-19)11-18-13(2)20/h14,17H,3-12H2,1-2H3,(H,18,20).